The van der Waals surface area contributed by atoms with Crippen LogP contribution in [0.3, 0.4) is 0 Å². The summed E-state index contributed by atoms with van der Waals surface area (Å²) < 4.78 is 28.5. The Kier molecular flexibility index (Phi) is 5.24. The van der Waals surface area contributed by atoms with Crippen LogP contribution in [0.15, 0.2) is 18.2 Å². The van der Waals surface area contributed by atoms with E-state index in [2.05, 4.69) is 28.1 Å². The van der Waals surface area contributed by atoms with Crippen LogP contribution in [0.5, 0.6) is 0 Å². The molecule has 1 aromatic heterocycles. The Balaban J connectivity index is 2.17. The molecule has 0 fully saturated rings. The first kappa shape index (κ1) is 17.0. The molecule has 5 nitrogen and oxygen atoms in total. The number of fused-ring (bicyclic) bond motifs is 1. The molecule has 0 radical (unpaired) electrons. The number of imidazole rings is 1. The summed E-state index contributed by atoms with van der Waals surface area (Å²) in [5.41, 5.74) is 2.93. The molecule has 0 aliphatic heterocycles. The number of aromatic nitrogens is 2. The highest BCUT2D eigenvalue weighted by Crippen LogP contribution is 2.21. The Labute approximate surface area is 132 Å². The lowest BCUT2D eigenvalue weighted by Crippen LogP contribution is -2.25. The van der Waals surface area contributed by atoms with Gasteiger partial charge in [0.25, 0.3) is 0 Å². The second-order valence-electron chi connectivity index (χ2n) is 5.94. The number of nitrogens with zero attached hydrogens (tertiary/aromatic N) is 2. The standard InChI is InChI=1S/C16H25N3O2S/c1-5-6-9-22(20,21)17-11-14-7-8-16-15(10-14)18-13(4)19(16)12(2)3/h7-8,10,12,17H,5-6,9,11H2,1-4H3. The molecule has 0 atom stereocenters. The van der Waals surface area contributed by atoms with E-state index in [1.807, 2.05) is 32.0 Å². The zero-order valence-corrected chi connectivity index (χ0v) is 14.6. The number of hydrogen-bond donors (Lipinski definition) is 1. The van der Waals surface area contributed by atoms with Gasteiger partial charge >= 0.3 is 0 Å². The van der Waals surface area contributed by atoms with E-state index in [1.54, 1.807) is 0 Å². The summed E-state index contributed by atoms with van der Waals surface area (Å²) in [5.74, 6) is 1.16. The van der Waals surface area contributed by atoms with Gasteiger partial charge in [-0.05, 0) is 44.9 Å². The first-order valence-corrected chi connectivity index (χ1v) is 9.44. The van der Waals surface area contributed by atoms with Crippen molar-refractivity contribution in [2.24, 2.45) is 0 Å². The molecule has 0 saturated heterocycles. The van der Waals surface area contributed by atoms with Crippen LogP contribution in [0.2, 0.25) is 0 Å². The van der Waals surface area contributed by atoms with Crippen molar-refractivity contribution in [3.05, 3.63) is 29.6 Å². The fourth-order valence-corrected chi connectivity index (χ4v) is 3.83. The number of rotatable bonds is 7. The monoisotopic (exact) mass is 323 g/mol. The second kappa shape index (κ2) is 6.79. The third-order valence-corrected chi connectivity index (χ3v) is 5.12. The number of benzene rings is 1. The molecule has 0 aliphatic carbocycles. The molecule has 0 bridgehead atoms. The van der Waals surface area contributed by atoms with E-state index < -0.39 is 10.0 Å². The molecular weight excluding hydrogens is 298 g/mol. The van der Waals surface area contributed by atoms with Crippen molar-refractivity contribution in [1.82, 2.24) is 14.3 Å². The Hall–Kier alpha value is -1.40. The van der Waals surface area contributed by atoms with Gasteiger partial charge in [-0.3, -0.25) is 0 Å². The SMILES string of the molecule is CCCCS(=O)(=O)NCc1ccc2c(c1)nc(C)n2C(C)C. The average molecular weight is 323 g/mol. The maximum Gasteiger partial charge on any atom is 0.211 e. The maximum atomic E-state index is 11.8. The topological polar surface area (TPSA) is 64.0 Å². The number of sulfonamides is 1. The summed E-state index contributed by atoms with van der Waals surface area (Å²) >= 11 is 0. The number of aryl methyl sites for hydroxylation is 1. The molecule has 1 heterocycles. The third-order valence-electron chi connectivity index (χ3n) is 3.71. The first-order valence-electron chi connectivity index (χ1n) is 7.79. The van der Waals surface area contributed by atoms with Crippen molar-refractivity contribution in [1.29, 1.82) is 0 Å². The molecule has 0 unspecified atom stereocenters. The van der Waals surface area contributed by atoms with Crippen LogP contribution in [0.25, 0.3) is 11.0 Å². The number of nitrogens with one attached hydrogen (secondary N) is 1. The van der Waals surface area contributed by atoms with Gasteiger partial charge in [-0.25, -0.2) is 18.1 Å². The molecule has 0 aliphatic rings. The van der Waals surface area contributed by atoms with Gasteiger partial charge in [-0.1, -0.05) is 19.4 Å². The van der Waals surface area contributed by atoms with E-state index in [1.165, 1.54) is 0 Å². The van der Waals surface area contributed by atoms with Crippen LogP contribution in [-0.2, 0) is 16.6 Å². The van der Waals surface area contributed by atoms with Gasteiger partial charge in [-0.15, -0.1) is 0 Å². The molecule has 2 rings (SSSR count). The Morgan fingerprint density at radius 2 is 2.05 bits per heavy atom. The number of hydrogen-bond acceptors (Lipinski definition) is 3. The van der Waals surface area contributed by atoms with Gasteiger partial charge in [0.2, 0.25) is 10.0 Å². The quantitative estimate of drug-likeness (QED) is 0.851. The van der Waals surface area contributed by atoms with Crippen molar-refractivity contribution in [3.8, 4) is 0 Å². The minimum absolute atomic E-state index is 0.187. The average Bonchev–Trinajstić information content (AvgIpc) is 2.78. The van der Waals surface area contributed by atoms with Gasteiger partial charge in [0, 0.05) is 12.6 Å². The van der Waals surface area contributed by atoms with Crippen LogP contribution in [-0.4, -0.2) is 23.7 Å². The van der Waals surface area contributed by atoms with Crippen molar-refractivity contribution in [2.45, 2.75) is 53.1 Å². The van der Waals surface area contributed by atoms with Gasteiger partial charge < -0.3 is 4.57 Å². The van der Waals surface area contributed by atoms with E-state index in [4.69, 9.17) is 0 Å². The van der Waals surface area contributed by atoms with Crippen molar-refractivity contribution < 1.29 is 8.42 Å². The van der Waals surface area contributed by atoms with Crippen LogP contribution in [0, 0.1) is 6.92 Å². The van der Waals surface area contributed by atoms with E-state index in [9.17, 15) is 8.42 Å². The minimum Gasteiger partial charge on any atom is -0.326 e. The molecule has 1 N–H and O–H groups in total. The zero-order chi connectivity index (χ0) is 16.3. The summed E-state index contributed by atoms with van der Waals surface area (Å²) in [4.78, 5) is 4.57. The molecule has 6 heteroatoms. The van der Waals surface area contributed by atoms with Gasteiger partial charge in [0.15, 0.2) is 0 Å². The normalized spacial score (nSPS) is 12.4. The minimum atomic E-state index is -3.19. The predicted molar refractivity (Wildman–Crippen MR) is 90.4 cm³/mol. The highest BCUT2D eigenvalue weighted by Gasteiger charge is 2.12. The molecule has 122 valence electrons. The smallest absolute Gasteiger partial charge is 0.211 e. The maximum absolute atomic E-state index is 11.8. The van der Waals surface area contributed by atoms with Gasteiger partial charge in [0.1, 0.15) is 5.82 Å². The first-order chi connectivity index (χ1) is 10.3. The number of unbranched alkanes of at least 4 members (excludes halogenated alkanes) is 1. The van der Waals surface area contributed by atoms with E-state index in [0.29, 0.717) is 19.0 Å². The van der Waals surface area contributed by atoms with Crippen molar-refractivity contribution in [2.75, 3.05) is 5.75 Å². The lowest BCUT2D eigenvalue weighted by Gasteiger charge is -2.11. The summed E-state index contributed by atoms with van der Waals surface area (Å²) in [6, 6.07) is 6.29. The fraction of sp³-hybridized carbons (Fsp3) is 0.562. The predicted octanol–water partition coefficient (Wildman–Crippen LogP) is 3.15. The highest BCUT2D eigenvalue weighted by molar-refractivity contribution is 7.89. The van der Waals surface area contributed by atoms with Crippen LogP contribution < -0.4 is 4.72 Å². The molecule has 2 aromatic rings. The third kappa shape index (κ3) is 3.87. The summed E-state index contributed by atoms with van der Waals surface area (Å²) in [6.07, 6.45) is 1.56. The molecule has 0 amide bonds. The van der Waals surface area contributed by atoms with Crippen LogP contribution in [0.4, 0.5) is 0 Å². The lowest BCUT2D eigenvalue weighted by molar-refractivity contribution is 0.578. The van der Waals surface area contributed by atoms with Crippen LogP contribution in [0.1, 0.15) is 51.0 Å². The molecular formula is C16H25N3O2S. The lowest BCUT2D eigenvalue weighted by atomic mass is 10.2. The largest absolute Gasteiger partial charge is 0.326 e. The van der Waals surface area contributed by atoms with E-state index in [-0.39, 0.29) is 5.75 Å². The molecule has 0 saturated carbocycles. The van der Waals surface area contributed by atoms with E-state index in [0.717, 1.165) is 28.8 Å². The Bertz CT molecular complexity index is 748. The van der Waals surface area contributed by atoms with E-state index >= 15 is 0 Å². The van der Waals surface area contributed by atoms with Crippen LogP contribution >= 0.6 is 0 Å². The summed E-state index contributed by atoms with van der Waals surface area (Å²) in [7, 11) is -3.19. The molecule has 22 heavy (non-hydrogen) atoms. The second-order valence-corrected chi connectivity index (χ2v) is 7.87. The molecule has 1 aromatic carbocycles. The van der Waals surface area contributed by atoms with Gasteiger partial charge in [0.05, 0.1) is 16.8 Å². The van der Waals surface area contributed by atoms with Gasteiger partial charge in [-0.2, -0.15) is 0 Å². The molecule has 0 spiro atoms. The Morgan fingerprint density at radius 3 is 2.68 bits per heavy atom. The van der Waals surface area contributed by atoms with Crippen molar-refractivity contribution >= 4 is 21.1 Å². The summed E-state index contributed by atoms with van der Waals surface area (Å²) in [5, 5.41) is 0. The summed E-state index contributed by atoms with van der Waals surface area (Å²) in [6.45, 7) is 8.55. The van der Waals surface area contributed by atoms with Crippen molar-refractivity contribution in [3.63, 3.8) is 0 Å². The Morgan fingerprint density at radius 1 is 1.32 bits per heavy atom. The fourth-order valence-electron chi connectivity index (χ4n) is 2.63. The highest BCUT2D eigenvalue weighted by atomic mass is 32.2. The zero-order valence-electron chi connectivity index (χ0n) is 13.8.